The molecule has 0 atom stereocenters. The second-order valence-electron chi connectivity index (χ2n) is 3.62. The average molecular weight is 252 g/mol. The Kier molecular flexibility index (Phi) is 4.98. The fourth-order valence-corrected chi connectivity index (χ4v) is 1.45. The number of aliphatic carboxylic acids is 1. The van der Waals surface area contributed by atoms with Crippen LogP contribution in [0.3, 0.4) is 0 Å². The lowest BCUT2D eigenvalue weighted by atomic mass is 10.2. The maximum Gasteiger partial charge on any atom is 0.323 e. The van der Waals surface area contributed by atoms with Gasteiger partial charge in [0, 0.05) is 12.7 Å². The maximum atomic E-state index is 11.3. The van der Waals surface area contributed by atoms with E-state index in [1.165, 1.54) is 11.9 Å². The number of carboxylic acids is 1. The molecule has 2 N–H and O–H groups in total. The van der Waals surface area contributed by atoms with Gasteiger partial charge in [0.25, 0.3) is 0 Å². The van der Waals surface area contributed by atoms with E-state index in [4.69, 9.17) is 9.84 Å². The highest BCUT2D eigenvalue weighted by Gasteiger charge is 2.14. The summed E-state index contributed by atoms with van der Waals surface area (Å²) in [4.78, 5) is 23.6. The molecule has 0 spiro atoms. The van der Waals surface area contributed by atoms with Crippen molar-refractivity contribution in [2.75, 3.05) is 32.1 Å². The van der Waals surface area contributed by atoms with Gasteiger partial charge < -0.3 is 20.1 Å². The first-order valence-corrected chi connectivity index (χ1v) is 5.38. The van der Waals surface area contributed by atoms with Crippen LogP contribution in [-0.2, 0) is 9.59 Å². The number of rotatable bonds is 6. The number of nitrogens with one attached hydrogen (secondary N) is 1. The second kappa shape index (κ2) is 6.48. The van der Waals surface area contributed by atoms with Crippen LogP contribution in [0.4, 0.5) is 5.69 Å². The standard InChI is InChI=1S/C12H16N2O4/c1-13-11(15)7-14(8-12(16)17)9-3-5-10(18-2)6-4-9/h3-6H,7-8H2,1-2H3,(H,13,15)(H,16,17). The zero-order chi connectivity index (χ0) is 13.5. The van der Waals surface area contributed by atoms with Crippen LogP contribution >= 0.6 is 0 Å². The van der Waals surface area contributed by atoms with Crippen molar-refractivity contribution in [1.82, 2.24) is 5.32 Å². The number of carbonyl (C=O) groups excluding carboxylic acids is 1. The number of anilines is 1. The number of carbonyl (C=O) groups is 2. The lowest BCUT2D eigenvalue weighted by Gasteiger charge is -2.22. The number of hydrogen-bond donors (Lipinski definition) is 2. The molecule has 1 aromatic rings. The van der Waals surface area contributed by atoms with Gasteiger partial charge in [-0.3, -0.25) is 9.59 Å². The molecule has 0 saturated carbocycles. The van der Waals surface area contributed by atoms with E-state index in [9.17, 15) is 9.59 Å². The third-order valence-corrected chi connectivity index (χ3v) is 2.38. The van der Waals surface area contributed by atoms with Crippen molar-refractivity contribution >= 4 is 17.6 Å². The van der Waals surface area contributed by atoms with E-state index in [1.807, 2.05) is 0 Å². The molecule has 0 saturated heterocycles. The fourth-order valence-electron chi connectivity index (χ4n) is 1.45. The van der Waals surface area contributed by atoms with Gasteiger partial charge in [-0.1, -0.05) is 0 Å². The minimum Gasteiger partial charge on any atom is -0.497 e. The first-order valence-electron chi connectivity index (χ1n) is 5.38. The predicted molar refractivity (Wildman–Crippen MR) is 66.9 cm³/mol. The normalized spacial score (nSPS) is 9.67. The molecular weight excluding hydrogens is 236 g/mol. The Balaban J connectivity index is 2.86. The SMILES string of the molecule is CNC(=O)CN(CC(=O)O)c1ccc(OC)cc1. The van der Waals surface area contributed by atoms with Crippen molar-refractivity contribution in [3.8, 4) is 5.75 Å². The van der Waals surface area contributed by atoms with Crippen LogP contribution in [-0.4, -0.2) is 44.2 Å². The third-order valence-electron chi connectivity index (χ3n) is 2.38. The van der Waals surface area contributed by atoms with E-state index in [0.717, 1.165) is 0 Å². The molecule has 0 bridgehead atoms. The molecule has 98 valence electrons. The summed E-state index contributed by atoms with van der Waals surface area (Å²) in [5, 5.41) is 11.3. The molecule has 6 nitrogen and oxygen atoms in total. The molecule has 1 rings (SSSR count). The number of amides is 1. The molecule has 0 aliphatic rings. The Morgan fingerprint density at radius 3 is 2.33 bits per heavy atom. The van der Waals surface area contributed by atoms with Gasteiger partial charge in [0.2, 0.25) is 5.91 Å². The smallest absolute Gasteiger partial charge is 0.323 e. The zero-order valence-corrected chi connectivity index (χ0v) is 10.3. The quantitative estimate of drug-likeness (QED) is 0.763. The second-order valence-corrected chi connectivity index (χ2v) is 3.62. The van der Waals surface area contributed by atoms with Crippen molar-refractivity contribution in [3.63, 3.8) is 0 Å². The Morgan fingerprint density at radius 1 is 1.28 bits per heavy atom. The van der Waals surface area contributed by atoms with Gasteiger partial charge in [-0.25, -0.2) is 0 Å². The van der Waals surface area contributed by atoms with Crippen molar-refractivity contribution in [2.45, 2.75) is 0 Å². The van der Waals surface area contributed by atoms with Crippen LogP contribution in [0.1, 0.15) is 0 Å². The summed E-state index contributed by atoms with van der Waals surface area (Å²) in [5.74, 6) is -0.559. The highest BCUT2D eigenvalue weighted by atomic mass is 16.5. The summed E-state index contributed by atoms with van der Waals surface area (Å²) in [7, 11) is 3.06. The summed E-state index contributed by atoms with van der Waals surface area (Å²) in [6, 6.07) is 6.86. The van der Waals surface area contributed by atoms with Crippen molar-refractivity contribution in [1.29, 1.82) is 0 Å². The number of ether oxygens (including phenoxy) is 1. The molecule has 0 radical (unpaired) electrons. The van der Waals surface area contributed by atoms with E-state index in [-0.39, 0.29) is 19.0 Å². The number of likely N-dealkylation sites (N-methyl/N-ethyl adjacent to an activating group) is 1. The number of hydrogen-bond acceptors (Lipinski definition) is 4. The van der Waals surface area contributed by atoms with Crippen molar-refractivity contribution < 1.29 is 19.4 Å². The Labute approximate surface area is 105 Å². The molecule has 1 aromatic carbocycles. The summed E-state index contributed by atoms with van der Waals surface area (Å²) >= 11 is 0. The first-order chi connectivity index (χ1) is 8.56. The molecule has 0 aliphatic heterocycles. The minimum atomic E-state index is -0.991. The summed E-state index contributed by atoms with van der Waals surface area (Å²) in [6.07, 6.45) is 0. The fraction of sp³-hybridized carbons (Fsp3) is 0.333. The van der Waals surface area contributed by atoms with Crippen LogP contribution in [0.5, 0.6) is 5.75 Å². The van der Waals surface area contributed by atoms with Gasteiger partial charge in [0.15, 0.2) is 0 Å². The molecule has 0 aromatic heterocycles. The summed E-state index contributed by atoms with van der Waals surface area (Å²) in [5.41, 5.74) is 0.654. The number of nitrogens with zero attached hydrogens (tertiary/aromatic N) is 1. The number of methoxy groups -OCH3 is 1. The minimum absolute atomic E-state index is 0.00483. The molecule has 0 fully saturated rings. The van der Waals surface area contributed by atoms with Gasteiger partial charge in [0.05, 0.1) is 13.7 Å². The zero-order valence-electron chi connectivity index (χ0n) is 10.3. The Hall–Kier alpha value is -2.24. The maximum absolute atomic E-state index is 11.3. The van der Waals surface area contributed by atoms with Crippen LogP contribution in [0.2, 0.25) is 0 Å². The lowest BCUT2D eigenvalue weighted by Crippen LogP contribution is -2.38. The van der Waals surface area contributed by atoms with Crippen LogP contribution in [0.15, 0.2) is 24.3 Å². The van der Waals surface area contributed by atoms with Gasteiger partial charge in [-0.05, 0) is 24.3 Å². The van der Waals surface area contributed by atoms with Gasteiger partial charge in [-0.2, -0.15) is 0 Å². The molecule has 0 unspecified atom stereocenters. The number of carboxylic acid groups (broad SMARTS) is 1. The third kappa shape index (κ3) is 3.97. The highest BCUT2D eigenvalue weighted by molar-refractivity contribution is 5.83. The van der Waals surface area contributed by atoms with Gasteiger partial charge in [-0.15, -0.1) is 0 Å². The van der Waals surface area contributed by atoms with E-state index < -0.39 is 5.97 Å². The molecular formula is C12H16N2O4. The van der Waals surface area contributed by atoms with E-state index in [2.05, 4.69) is 5.32 Å². The first kappa shape index (κ1) is 13.8. The monoisotopic (exact) mass is 252 g/mol. The molecule has 6 heteroatoms. The molecule has 18 heavy (non-hydrogen) atoms. The molecule has 0 aliphatic carbocycles. The molecule has 1 amide bonds. The van der Waals surface area contributed by atoms with Gasteiger partial charge >= 0.3 is 5.97 Å². The largest absolute Gasteiger partial charge is 0.497 e. The van der Waals surface area contributed by atoms with Crippen molar-refractivity contribution in [2.24, 2.45) is 0 Å². The van der Waals surface area contributed by atoms with Crippen LogP contribution in [0.25, 0.3) is 0 Å². The van der Waals surface area contributed by atoms with E-state index >= 15 is 0 Å². The van der Waals surface area contributed by atoms with E-state index in [0.29, 0.717) is 11.4 Å². The lowest BCUT2D eigenvalue weighted by molar-refractivity contribution is -0.135. The molecule has 0 heterocycles. The van der Waals surface area contributed by atoms with Crippen LogP contribution in [0, 0.1) is 0 Å². The summed E-state index contributed by atoms with van der Waals surface area (Å²) < 4.78 is 5.02. The highest BCUT2D eigenvalue weighted by Crippen LogP contribution is 2.18. The Bertz CT molecular complexity index is 417. The van der Waals surface area contributed by atoms with E-state index in [1.54, 1.807) is 31.4 Å². The average Bonchev–Trinajstić information content (AvgIpc) is 2.37. The van der Waals surface area contributed by atoms with Crippen molar-refractivity contribution in [3.05, 3.63) is 24.3 Å². The van der Waals surface area contributed by atoms with Gasteiger partial charge in [0.1, 0.15) is 12.3 Å². The Morgan fingerprint density at radius 2 is 1.89 bits per heavy atom. The predicted octanol–water partition coefficient (Wildman–Crippen LogP) is 0.332. The summed E-state index contributed by atoms with van der Waals surface area (Å²) in [6.45, 7) is -0.241. The van der Waals surface area contributed by atoms with Crippen LogP contribution < -0.4 is 15.0 Å². The topological polar surface area (TPSA) is 78.9 Å². The number of benzene rings is 1.